The van der Waals surface area contributed by atoms with Gasteiger partial charge in [0.2, 0.25) is 0 Å². The van der Waals surface area contributed by atoms with Crippen LogP contribution < -0.4 is 10.6 Å². The highest BCUT2D eigenvalue weighted by molar-refractivity contribution is 14.0. The molecule has 0 saturated carbocycles. The van der Waals surface area contributed by atoms with Crippen molar-refractivity contribution in [2.75, 3.05) is 46.4 Å². The van der Waals surface area contributed by atoms with E-state index < -0.39 is 0 Å². The molecule has 1 aliphatic heterocycles. The number of guanidine groups is 1. The van der Waals surface area contributed by atoms with Gasteiger partial charge in [0.15, 0.2) is 11.6 Å². The summed E-state index contributed by atoms with van der Waals surface area (Å²) in [5.74, 6) is 2.42. The number of aliphatic imine (C=N–C) groups is 1. The van der Waals surface area contributed by atoms with Gasteiger partial charge in [0.1, 0.15) is 5.82 Å². The summed E-state index contributed by atoms with van der Waals surface area (Å²) in [6, 6.07) is 6.43. The first kappa shape index (κ1) is 23.8. The standard InChI is InChI=1S/C20H33N7O.HI/c1-16(2)17(26-11-13-28-14-12-26)15-23-20(21-3)22-9-6-8-19-25-24-18-7-4-5-10-27(18)19;/h4-5,7,10,16-17H,6,8-9,11-15H2,1-3H3,(H2,21,22,23);1H. The van der Waals surface area contributed by atoms with E-state index in [4.69, 9.17) is 4.74 Å². The summed E-state index contributed by atoms with van der Waals surface area (Å²) in [5.41, 5.74) is 0.894. The van der Waals surface area contributed by atoms with E-state index in [1.165, 1.54) is 0 Å². The summed E-state index contributed by atoms with van der Waals surface area (Å²) >= 11 is 0. The number of morpholine rings is 1. The summed E-state index contributed by atoms with van der Waals surface area (Å²) in [6.07, 6.45) is 3.85. The van der Waals surface area contributed by atoms with Gasteiger partial charge in [0, 0.05) is 51.9 Å². The van der Waals surface area contributed by atoms with E-state index in [-0.39, 0.29) is 24.0 Å². The molecule has 0 aliphatic carbocycles. The number of hydrogen-bond donors (Lipinski definition) is 2. The lowest BCUT2D eigenvalue weighted by atomic mass is 10.0. The third-order valence-electron chi connectivity index (χ3n) is 5.24. The first-order chi connectivity index (χ1) is 13.7. The lowest BCUT2D eigenvalue weighted by Gasteiger charge is -2.37. The number of hydrogen-bond acceptors (Lipinski definition) is 5. The third-order valence-corrected chi connectivity index (χ3v) is 5.24. The van der Waals surface area contributed by atoms with Crippen LogP contribution >= 0.6 is 24.0 Å². The first-order valence-corrected chi connectivity index (χ1v) is 10.2. The predicted molar refractivity (Wildman–Crippen MR) is 127 cm³/mol. The van der Waals surface area contributed by atoms with Crippen LogP contribution in [0.4, 0.5) is 0 Å². The van der Waals surface area contributed by atoms with Crippen LogP contribution in [-0.2, 0) is 11.2 Å². The Hall–Kier alpha value is -1.46. The SMILES string of the molecule is CN=C(NCCCc1nnc2ccccn12)NCC(C(C)C)N1CCOCC1.I. The number of halogens is 1. The van der Waals surface area contributed by atoms with Gasteiger partial charge in [-0.1, -0.05) is 19.9 Å². The zero-order valence-electron chi connectivity index (χ0n) is 17.7. The number of pyridine rings is 1. The van der Waals surface area contributed by atoms with Gasteiger partial charge in [-0.15, -0.1) is 34.2 Å². The molecule has 0 spiro atoms. The number of nitrogens with zero attached hydrogens (tertiary/aromatic N) is 5. The quantitative estimate of drug-likeness (QED) is 0.242. The van der Waals surface area contributed by atoms with Crippen LogP contribution in [0.5, 0.6) is 0 Å². The number of nitrogens with one attached hydrogen (secondary N) is 2. The summed E-state index contributed by atoms with van der Waals surface area (Å²) in [7, 11) is 1.82. The second kappa shape index (κ2) is 12.3. The molecule has 0 radical (unpaired) electrons. The summed E-state index contributed by atoms with van der Waals surface area (Å²) in [4.78, 5) is 6.89. The molecule has 2 aromatic heterocycles. The average Bonchev–Trinajstić information content (AvgIpc) is 3.13. The minimum Gasteiger partial charge on any atom is -0.379 e. The van der Waals surface area contributed by atoms with Crippen LogP contribution in [0.2, 0.25) is 0 Å². The zero-order valence-corrected chi connectivity index (χ0v) is 20.0. The molecule has 0 amide bonds. The van der Waals surface area contributed by atoms with E-state index in [2.05, 4.69) is 44.6 Å². The topological polar surface area (TPSA) is 79.1 Å². The molecule has 1 unspecified atom stereocenters. The maximum Gasteiger partial charge on any atom is 0.191 e. The molecule has 9 heteroatoms. The Kier molecular flexibility index (Phi) is 10.1. The van der Waals surface area contributed by atoms with E-state index in [0.717, 1.165) is 69.7 Å². The van der Waals surface area contributed by atoms with Gasteiger partial charge >= 0.3 is 0 Å². The fourth-order valence-electron chi connectivity index (χ4n) is 3.63. The summed E-state index contributed by atoms with van der Waals surface area (Å²) < 4.78 is 7.53. The van der Waals surface area contributed by atoms with E-state index in [1.807, 2.05) is 35.8 Å². The van der Waals surface area contributed by atoms with Crippen molar-refractivity contribution in [2.24, 2.45) is 10.9 Å². The number of fused-ring (bicyclic) bond motifs is 1. The minimum absolute atomic E-state index is 0. The number of aromatic nitrogens is 3. The maximum absolute atomic E-state index is 5.49. The van der Waals surface area contributed by atoms with Gasteiger partial charge in [-0.25, -0.2) is 0 Å². The summed E-state index contributed by atoms with van der Waals surface area (Å²) in [5, 5.41) is 15.4. The minimum atomic E-state index is 0. The zero-order chi connectivity index (χ0) is 19.8. The Morgan fingerprint density at radius 2 is 2.00 bits per heavy atom. The van der Waals surface area contributed by atoms with Crippen molar-refractivity contribution in [3.05, 3.63) is 30.2 Å². The molecule has 1 atom stereocenters. The van der Waals surface area contributed by atoms with Crippen LogP contribution in [0.3, 0.4) is 0 Å². The Morgan fingerprint density at radius 1 is 1.21 bits per heavy atom. The number of rotatable bonds is 8. The molecule has 0 aromatic carbocycles. The van der Waals surface area contributed by atoms with Gasteiger partial charge in [0.25, 0.3) is 0 Å². The molecular formula is C20H34IN7O. The molecule has 1 saturated heterocycles. The fourth-order valence-corrected chi connectivity index (χ4v) is 3.63. The van der Waals surface area contributed by atoms with Gasteiger partial charge in [0.05, 0.1) is 13.2 Å². The Bertz CT molecular complexity index is 758. The normalized spacial score (nSPS) is 16.6. The van der Waals surface area contributed by atoms with Crippen molar-refractivity contribution in [3.8, 4) is 0 Å². The van der Waals surface area contributed by atoms with E-state index in [1.54, 1.807) is 0 Å². The van der Waals surface area contributed by atoms with Gasteiger partial charge in [-0.3, -0.25) is 14.3 Å². The number of ether oxygens (including phenoxy) is 1. The molecule has 8 nitrogen and oxygen atoms in total. The Labute approximate surface area is 190 Å². The van der Waals surface area contributed by atoms with Crippen molar-refractivity contribution in [1.82, 2.24) is 30.1 Å². The molecule has 3 rings (SSSR count). The highest BCUT2D eigenvalue weighted by atomic mass is 127. The highest BCUT2D eigenvalue weighted by Crippen LogP contribution is 2.12. The van der Waals surface area contributed by atoms with Gasteiger partial charge in [-0.2, -0.15) is 0 Å². The molecule has 0 bridgehead atoms. The third kappa shape index (κ3) is 6.78. The Morgan fingerprint density at radius 3 is 2.72 bits per heavy atom. The predicted octanol–water partition coefficient (Wildman–Crippen LogP) is 1.80. The van der Waals surface area contributed by atoms with Crippen LogP contribution in [0.25, 0.3) is 5.65 Å². The second-order valence-corrected chi connectivity index (χ2v) is 7.49. The van der Waals surface area contributed by atoms with E-state index in [9.17, 15) is 0 Å². The monoisotopic (exact) mass is 515 g/mol. The van der Waals surface area contributed by atoms with Crippen molar-refractivity contribution < 1.29 is 4.74 Å². The van der Waals surface area contributed by atoms with Crippen molar-refractivity contribution in [3.63, 3.8) is 0 Å². The number of aryl methyl sites for hydroxylation is 1. The molecule has 162 valence electrons. The first-order valence-electron chi connectivity index (χ1n) is 10.2. The fraction of sp³-hybridized carbons (Fsp3) is 0.650. The van der Waals surface area contributed by atoms with Crippen molar-refractivity contribution >= 4 is 35.6 Å². The van der Waals surface area contributed by atoms with Gasteiger partial charge < -0.3 is 15.4 Å². The largest absolute Gasteiger partial charge is 0.379 e. The lowest BCUT2D eigenvalue weighted by Crippen LogP contribution is -2.52. The van der Waals surface area contributed by atoms with Crippen molar-refractivity contribution in [2.45, 2.75) is 32.7 Å². The smallest absolute Gasteiger partial charge is 0.191 e. The Balaban J connectivity index is 0.00000300. The highest BCUT2D eigenvalue weighted by Gasteiger charge is 2.23. The van der Waals surface area contributed by atoms with Gasteiger partial charge in [-0.05, 0) is 24.5 Å². The molecule has 3 heterocycles. The molecule has 2 aromatic rings. The van der Waals surface area contributed by atoms with Crippen LogP contribution in [0.1, 0.15) is 26.1 Å². The molecule has 1 aliphatic rings. The van der Waals surface area contributed by atoms with E-state index in [0.29, 0.717) is 12.0 Å². The summed E-state index contributed by atoms with van der Waals surface area (Å²) in [6.45, 7) is 9.94. The molecular weight excluding hydrogens is 481 g/mol. The lowest BCUT2D eigenvalue weighted by molar-refractivity contribution is 0.00752. The van der Waals surface area contributed by atoms with E-state index >= 15 is 0 Å². The maximum atomic E-state index is 5.49. The molecule has 29 heavy (non-hydrogen) atoms. The van der Waals surface area contributed by atoms with Crippen LogP contribution in [0, 0.1) is 5.92 Å². The molecule has 1 fully saturated rings. The van der Waals surface area contributed by atoms with Crippen LogP contribution in [-0.4, -0.2) is 77.9 Å². The van der Waals surface area contributed by atoms with Crippen molar-refractivity contribution in [1.29, 1.82) is 0 Å². The van der Waals surface area contributed by atoms with Crippen LogP contribution in [0.15, 0.2) is 29.4 Å². The average molecular weight is 515 g/mol. The second-order valence-electron chi connectivity index (χ2n) is 7.49. The molecule has 2 N–H and O–H groups in total.